The Labute approximate surface area is 121 Å². The minimum atomic E-state index is -0.124. The molecule has 1 heterocycles. The smallest absolute Gasteiger partial charge is 0.226 e. The topological polar surface area (TPSA) is 77.6 Å². The average Bonchev–Trinajstić information content (AvgIpc) is 2.93. The van der Waals surface area contributed by atoms with E-state index in [1.54, 1.807) is 12.1 Å². The highest BCUT2D eigenvalue weighted by atomic mass is 35.5. The second kappa shape index (κ2) is 6.58. The Hall–Kier alpha value is -1.79. The zero-order valence-electron chi connectivity index (χ0n) is 11.2. The fourth-order valence-electron chi connectivity index (χ4n) is 1.63. The molecule has 2 aromatic rings. The third kappa shape index (κ3) is 3.20. The number of rotatable bonds is 6. The Morgan fingerprint density at radius 3 is 2.80 bits per heavy atom. The van der Waals surface area contributed by atoms with Gasteiger partial charge in [0, 0.05) is 6.42 Å². The SMILES string of the molecule is CCc1nc(COc2c(Cl)cc(CO)cc2OC)no1. The molecule has 0 aliphatic carbocycles. The number of benzene rings is 1. The fraction of sp³-hybridized carbons (Fsp3) is 0.385. The van der Waals surface area contributed by atoms with Gasteiger partial charge in [0.1, 0.15) is 0 Å². The maximum atomic E-state index is 9.12. The first kappa shape index (κ1) is 14.6. The molecule has 1 aromatic heterocycles. The van der Waals surface area contributed by atoms with Crippen molar-refractivity contribution < 1.29 is 19.1 Å². The standard InChI is InChI=1S/C13H15ClN2O4/c1-3-12-15-11(16-20-12)7-19-13-9(14)4-8(6-17)5-10(13)18-2/h4-5,17H,3,6-7H2,1-2H3. The van der Waals surface area contributed by atoms with Crippen LogP contribution < -0.4 is 9.47 Å². The molecule has 0 fully saturated rings. The summed E-state index contributed by atoms with van der Waals surface area (Å²) in [6.45, 7) is 1.92. The van der Waals surface area contributed by atoms with E-state index in [0.717, 1.165) is 0 Å². The summed E-state index contributed by atoms with van der Waals surface area (Å²) >= 11 is 6.11. The molecular weight excluding hydrogens is 284 g/mol. The lowest BCUT2D eigenvalue weighted by Crippen LogP contribution is -2.01. The average molecular weight is 299 g/mol. The van der Waals surface area contributed by atoms with Gasteiger partial charge in [0.15, 0.2) is 18.1 Å². The molecule has 0 unspecified atom stereocenters. The van der Waals surface area contributed by atoms with E-state index >= 15 is 0 Å². The van der Waals surface area contributed by atoms with Crippen molar-refractivity contribution >= 4 is 11.6 Å². The molecule has 108 valence electrons. The highest BCUT2D eigenvalue weighted by Crippen LogP contribution is 2.36. The molecule has 0 atom stereocenters. The van der Waals surface area contributed by atoms with Crippen molar-refractivity contribution in [3.8, 4) is 11.5 Å². The van der Waals surface area contributed by atoms with Gasteiger partial charge in [-0.25, -0.2) is 0 Å². The monoisotopic (exact) mass is 298 g/mol. The van der Waals surface area contributed by atoms with Crippen molar-refractivity contribution in [3.05, 3.63) is 34.4 Å². The second-order valence-corrected chi connectivity index (χ2v) is 4.42. The predicted molar refractivity (Wildman–Crippen MR) is 71.9 cm³/mol. The third-order valence-corrected chi connectivity index (χ3v) is 2.91. The van der Waals surface area contributed by atoms with Crippen LogP contribution in [0.5, 0.6) is 11.5 Å². The van der Waals surface area contributed by atoms with E-state index in [1.807, 2.05) is 6.92 Å². The summed E-state index contributed by atoms with van der Waals surface area (Å²) in [6.07, 6.45) is 0.669. The van der Waals surface area contributed by atoms with Crippen molar-refractivity contribution in [3.63, 3.8) is 0 Å². The first-order valence-electron chi connectivity index (χ1n) is 6.09. The largest absolute Gasteiger partial charge is 0.493 e. The molecule has 0 spiro atoms. The summed E-state index contributed by atoms with van der Waals surface area (Å²) < 4.78 is 15.8. The summed E-state index contributed by atoms with van der Waals surface area (Å²) in [7, 11) is 1.50. The highest BCUT2D eigenvalue weighted by molar-refractivity contribution is 6.32. The van der Waals surface area contributed by atoms with Gasteiger partial charge in [0.05, 0.1) is 18.7 Å². The molecule has 0 bridgehead atoms. The van der Waals surface area contributed by atoms with Gasteiger partial charge in [-0.2, -0.15) is 4.98 Å². The normalized spacial score (nSPS) is 10.6. The summed E-state index contributed by atoms with van der Waals surface area (Å²) in [5, 5.41) is 13.3. The van der Waals surface area contributed by atoms with Gasteiger partial charge in [-0.15, -0.1) is 0 Å². The van der Waals surface area contributed by atoms with Crippen LogP contribution in [0.25, 0.3) is 0 Å². The molecule has 0 saturated carbocycles. The number of halogens is 1. The number of ether oxygens (including phenoxy) is 2. The van der Waals surface area contributed by atoms with Crippen LogP contribution in [0.1, 0.15) is 24.2 Å². The van der Waals surface area contributed by atoms with Crippen LogP contribution in [0, 0.1) is 0 Å². The minimum absolute atomic E-state index is 0.123. The lowest BCUT2D eigenvalue weighted by molar-refractivity contribution is 0.265. The van der Waals surface area contributed by atoms with Gasteiger partial charge in [-0.3, -0.25) is 0 Å². The molecular formula is C13H15ClN2O4. The van der Waals surface area contributed by atoms with Gasteiger partial charge >= 0.3 is 0 Å². The number of aryl methyl sites for hydroxylation is 1. The van der Waals surface area contributed by atoms with E-state index in [-0.39, 0.29) is 13.2 Å². The first-order chi connectivity index (χ1) is 9.67. The van der Waals surface area contributed by atoms with Crippen molar-refractivity contribution in [2.24, 2.45) is 0 Å². The molecule has 6 nitrogen and oxygen atoms in total. The van der Waals surface area contributed by atoms with Gasteiger partial charge in [0.25, 0.3) is 0 Å². The summed E-state index contributed by atoms with van der Waals surface area (Å²) in [4.78, 5) is 4.14. The summed E-state index contributed by atoms with van der Waals surface area (Å²) in [5.74, 6) is 1.82. The lowest BCUT2D eigenvalue weighted by atomic mass is 10.2. The van der Waals surface area contributed by atoms with Crippen LogP contribution in [-0.2, 0) is 19.6 Å². The molecule has 0 aliphatic heterocycles. The predicted octanol–water partition coefficient (Wildman–Crippen LogP) is 2.37. The van der Waals surface area contributed by atoms with Gasteiger partial charge in [-0.1, -0.05) is 23.7 Å². The van der Waals surface area contributed by atoms with Crippen molar-refractivity contribution in [2.75, 3.05) is 7.11 Å². The second-order valence-electron chi connectivity index (χ2n) is 4.01. The van der Waals surface area contributed by atoms with E-state index < -0.39 is 0 Å². The quantitative estimate of drug-likeness (QED) is 0.882. The van der Waals surface area contributed by atoms with Crippen LogP contribution in [0.3, 0.4) is 0 Å². The van der Waals surface area contributed by atoms with Crippen LogP contribution in [-0.4, -0.2) is 22.4 Å². The number of hydrogen-bond acceptors (Lipinski definition) is 6. The molecule has 1 N–H and O–H groups in total. The number of aliphatic hydroxyl groups excluding tert-OH is 1. The minimum Gasteiger partial charge on any atom is -0.493 e. The van der Waals surface area contributed by atoms with Gasteiger partial charge in [0.2, 0.25) is 11.7 Å². The van der Waals surface area contributed by atoms with E-state index in [9.17, 15) is 0 Å². The number of aliphatic hydroxyl groups is 1. The molecule has 0 radical (unpaired) electrons. The van der Waals surface area contributed by atoms with Crippen LogP contribution >= 0.6 is 11.6 Å². The molecule has 7 heteroatoms. The number of nitrogens with zero attached hydrogens (tertiary/aromatic N) is 2. The molecule has 0 amide bonds. The van der Waals surface area contributed by atoms with Crippen molar-refractivity contribution in [1.29, 1.82) is 0 Å². The van der Waals surface area contributed by atoms with Crippen LogP contribution in [0.15, 0.2) is 16.7 Å². The highest BCUT2D eigenvalue weighted by Gasteiger charge is 2.13. The Bertz CT molecular complexity index is 586. The summed E-state index contributed by atoms with van der Waals surface area (Å²) in [6, 6.07) is 3.28. The van der Waals surface area contributed by atoms with Crippen LogP contribution in [0.4, 0.5) is 0 Å². The maximum Gasteiger partial charge on any atom is 0.226 e. The molecule has 0 saturated heterocycles. The third-order valence-electron chi connectivity index (χ3n) is 2.63. The van der Waals surface area contributed by atoms with Crippen molar-refractivity contribution in [1.82, 2.24) is 10.1 Å². The van der Waals surface area contributed by atoms with E-state index in [4.69, 9.17) is 30.7 Å². The maximum absolute atomic E-state index is 9.12. The zero-order valence-corrected chi connectivity index (χ0v) is 12.0. The van der Waals surface area contributed by atoms with Gasteiger partial charge in [-0.05, 0) is 17.7 Å². The molecule has 2 rings (SSSR count). The fourth-order valence-corrected chi connectivity index (χ4v) is 1.92. The Balaban J connectivity index is 2.16. The molecule has 0 aliphatic rings. The lowest BCUT2D eigenvalue weighted by Gasteiger charge is -2.12. The number of methoxy groups -OCH3 is 1. The van der Waals surface area contributed by atoms with E-state index in [0.29, 0.717) is 40.2 Å². The Morgan fingerprint density at radius 1 is 1.40 bits per heavy atom. The number of aromatic nitrogens is 2. The van der Waals surface area contributed by atoms with Crippen molar-refractivity contribution in [2.45, 2.75) is 26.6 Å². The number of hydrogen-bond donors (Lipinski definition) is 1. The zero-order chi connectivity index (χ0) is 14.5. The summed E-state index contributed by atoms with van der Waals surface area (Å²) in [5.41, 5.74) is 0.645. The Morgan fingerprint density at radius 2 is 2.20 bits per heavy atom. The molecule has 1 aromatic carbocycles. The Kier molecular flexibility index (Phi) is 4.81. The van der Waals surface area contributed by atoms with E-state index in [2.05, 4.69) is 10.1 Å². The molecule has 20 heavy (non-hydrogen) atoms. The van der Waals surface area contributed by atoms with Crippen LogP contribution in [0.2, 0.25) is 5.02 Å². The van der Waals surface area contributed by atoms with E-state index in [1.165, 1.54) is 7.11 Å². The first-order valence-corrected chi connectivity index (χ1v) is 6.47. The van der Waals surface area contributed by atoms with Gasteiger partial charge < -0.3 is 19.1 Å².